The maximum absolute atomic E-state index is 11.0. The highest BCUT2D eigenvalue weighted by molar-refractivity contribution is 6.02. The number of allylic oxidation sites excluding steroid dienone is 5. The Morgan fingerprint density at radius 1 is 1.34 bits per heavy atom. The lowest BCUT2D eigenvalue weighted by Crippen LogP contribution is -2.24. The summed E-state index contributed by atoms with van der Waals surface area (Å²) in [6.07, 6.45) is 6.25. The summed E-state index contributed by atoms with van der Waals surface area (Å²) in [6.45, 7) is 6.43. The zero-order chi connectivity index (χ0) is 20.6. The van der Waals surface area contributed by atoms with Gasteiger partial charge in [0, 0.05) is 12.5 Å². The van der Waals surface area contributed by atoms with E-state index in [1.165, 1.54) is 0 Å². The number of aliphatic carboxylic acids is 1. The van der Waals surface area contributed by atoms with Crippen LogP contribution in [-0.2, 0) is 19.0 Å². The molecule has 6 heteroatoms. The zero-order valence-electron chi connectivity index (χ0n) is 16.5. The van der Waals surface area contributed by atoms with E-state index in [1.54, 1.807) is 18.2 Å². The van der Waals surface area contributed by atoms with E-state index in [1.807, 2.05) is 37.3 Å². The summed E-state index contributed by atoms with van der Waals surface area (Å²) < 4.78 is 17.3. The Morgan fingerprint density at radius 3 is 2.79 bits per heavy atom. The smallest absolute Gasteiger partial charge is 0.309 e. The van der Waals surface area contributed by atoms with E-state index in [0.717, 1.165) is 22.7 Å². The van der Waals surface area contributed by atoms with Crippen LogP contribution in [0.5, 0.6) is 0 Å². The Kier molecular flexibility index (Phi) is 6.89. The van der Waals surface area contributed by atoms with Crippen LogP contribution in [0.15, 0.2) is 83.1 Å². The lowest BCUT2D eigenvalue weighted by molar-refractivity contribution is -0.144. The van der Waals surface area contributed by atoms with Crippen LogP contribution in [0.25, 0.3) is 0 Å². The standard InChI is InChI=1S/C23H25NO5/c1-3-7-19(12-20-11-10-18(13-28-20)23(25)26)29-14-21-16(2)27-15-22(24-21)17-8-5-4-6-9-17/h3-9,12,18H,1,10-11,13-15H2,2H3,(H,25,26)/b19-7+,20-12+. The molecule has 1 N–H and O–H groups in total. The SMILES string of the molecule is C=C/C=C(\C=C1/CCC(C(=O)O)CO1)OCC1=C(C)OCC(c2ccccc2)=N1. The van der Waals surface area contributed by atoms with Gasteiger partial charge < -0.3 is 19.3 Å². The summed E-state index contributed by atoms with van der Waals surface area (Å²) in [5.74, 6) is 0.723. The molecule has 3 rings (SSSR count). The number of benzene rings is 1. The highest BCUT2D eigenvalue weighted by atomic mass is 16.5. The fourth-order valence-corrected chi connectivity index (χ4v) is 3.00. The third kappa shape index (κ3) is 5.60. The second kappa shape index (κ2) is 9.78. The minimum atomic E-state index is -0.825. The van der Waals surface area contributed by atoms with Gasteiger partial charge in [-0.3, -0.25) is 4.79 Å². The Labute approximate surface area is 170 Å². The molecule has 0 aromatic heterocycles. The lowest BCUT2D eigenvalue weighted by Gasteiger charge is -2.22. The van der Waals surface area contributed by atoms with Gasteiger partial charge in [-0.2, -0.15) is 0 Å². The van der Waals surface area contributed by atoms with E-state index in [-0.39, 0.29) is 13.2 Å². The van der Waals surface area contributed by atoms with Crippen molar-refractivity contribution in [1.82, 2.24) is 0 Å². The molecule has 29 heavy (non-hydrogen) atoms. The number of hydrogen-bond acceptors (Lipinski definition) is 5. The first-order valence-corrected chi connectivity index (χ1v) is 9.54. The van der Waals surface area contributed by atoms with Crippen molar-refractivity contribution < 1.29 is 24.1 Å². The number of aliphatic imine (C=N–C) groups is 1. The van der Waals surface area contributed by atoms with Crippen LogP contribution in [0, 0.1) is 5.92 Å². The molecule has 1 aromatic carbocycles. The average molecular weight is 395 g/mol. The van der Waals surface area contributed by atoms with Gasteiger partial charge >= 0.3 is 5.97 Å². The topological polar surface area (TPSA) is 77.4 Å². The van der Waals surface area contributed by atoms with Crippen molar-refractivity contribution >= 4 is 11.7 Å². The highest BCUT2D eigenvalue weighted by Crippen LogP contribution is 2.24. The van der Waals surface area contributed by atoms with Crippen LogP contribution in [0.3, 0.4) is 0 Å². The molecule has 0 bridgehead atoms. The number of rotatable bonds is 7. The fourth-order valence-electron chi connectivity index (χ4n) is 3.00. The van der Waals surface area contributed by atoms with Gasteiger partial charge in [0.1, 0.15) is 37.0 Å². The Hall–Kier alpha value is -3.28. The largest absolute Gasteiger partial charge is 0.497 e. The van der Waals surface area contributed by atoms with Crippen LogP contribution >= 0.6 is 0 Å². The van der Waals surface area contributed by atoms with Crippen molar-refractivity contribution in [2.24, 2.45) is 10.9 Å². The minimum absolute atomic E-state index is 0.172. The van der Waals surface area contributed by atoms with Crippen molar-refractivity contribution in [2.45, 2.75) is 19.8 Å². The number of ether oxygens (including phenoxy) is 3. The summed E-state index contributed by atoms with van der Waals surface area (Å²) in [4.78, 5) is 15.8. The van der Waals surface area contributed by atoms with Crippen LogP contribution in [0.2, 0.25) is 0 Å². The molecule has 0 amide bonds. The van der Waals surface area contributed by atoms with Gasteiger partial charge in [0.05, 0.1) is 17.4 Å². The van der Waals surface area contributed by atoms with E-state index in [2.05, 4.69) is 6.58 Å². The van der Waals surface area contributed by atoms with Crippen LogP contribution in [0.1, 0.15) is 25.3 Å². The Bertz CT molecular complexity index is 870. The van der Waals surface area contributed by atoms with Crippen LogP contribution < -0.4 is 0 Å². The van der Waals surface area contributed by atoms with Crippen molar-refractivity contribution in [1.29, 1.82) is 0 Å². The Morgan fingerprint density at radius 2 is 2.14 bits per heavy atom. The van der Waals surface area contributed by atoms with Crippen molar-refractivity contribution in [3.8, 4) is 0 Å². The first kappa shape index (κ1) is 20.5. The van der Waals surface area contributed by atoms with Gasteiger partial charge in [-0.15, -0.1) is 0 Å². The summed E-state index contributed by atoms with van der Waals surface area (Å²) in [7, 11) is 0. The molecule has 0 saturated carbocycles. The molecule has 0 aliphatic carbocycles. The first-order valence-electron chi connectivity index (χ1n) is 9.54. The van der Waals surface area contributed by atoms with Crippen LogP contribution in [-0.4, -0.2) is 36.6 Å². The number of carboxylic acids is 1. The van der Waals surface area contributed by atoms with Crippen molar-refractivity contribution in [3.05, 3.63) is 83.7 Å². The molecule has 0 radical (unpaired) electrons. The average Bonchev–Trinajstić information content (AvgIpc) is 2.74. The maximum atomic E-state index is 11.0. The van der Waals surface area contributed by atoms with E-state index in [4.69, 9.17) is 24.3 Å². The van der Waals surface area contributed by atoms with Crippen molar-refractivity contribution in [2.75, 3.05) is 19.8 Å². The number of carbonyl (C=O) groups is 1. The maximum Gasteiger partial charge on any atom is 0.309 e. The molecule has 2 heterocycles. The third-order valence-corrected chi connectivity index (χ3v) is 4.73. The molecule has 6 nitrogen and oxygen atoms in total. The van der Waals surface area contributed by atoms with Gasteiger partial charge in [-0.25, -0.2) is 4.99 Å². The van der Waals surface area contributed by atoms with E-state index in [9.17, 15) is 4.79 Å². The van der Waals surface area contributed by atoms with Gasteiger partial charge in [0.15, 0.2) is 0 Å². The Balaban J connectivity index is 1.67. The molecule has 2 aliphatic heterocycles. The second-order valence-corrected chi connectivity index (χ2v) is 6.80. The van der Waals surface area contributed by atoms with E-state index in [0.29, 0.717) is 31.0 Å². The van der Waals surface area contributed by atoms with E-state index >= 15 is 0 Å². The highest BCUT2D eigenvalue weighted by Gasteiger charge is 2.24. The molecular weight excluding hydrogens is 370 g/mol. The summed E-state index contributed by atoms with van der Waals surface area (Å²) in [5.41, 5.74) is 2.60. The summed E-state index contributed by atoms with van der Waals surface area (Å²) >= 11 is 0. The first-order chi connectivity index (χ1) is 14.1. The fraction of sp³-hybridized carbons (Fsp3) is 0.304. The zero-order valence-corrected chi connectivity index (χ0v) is 16.5. The number of nitrogens with zero attached hydrogens (tertiary/aromatic N) is 1. The quantitative estimate of drug-likeness (QED) is 0.553. The molecule has 1 saturated heterocycles. The summed E-state index contributed by atoms with van der Waals surface area (Å²) in [6, 6.07) is 9.90. The molecule has 2 aliphatic rings. The monoisotopic (exact) mass is 395 g/mol. The van der Waals surface area contributed by atoms with Crippen molar-refractivity contribution in [3.63, 3.8) is 0 Å². The summed E-state index contributed by atoms with van der Waals surface area (Å²) in [5, 5.41) is 9.07. The van der Waals surface area contributed by atoms with Gasteiger partial charge in [0.25, 0.3) is 0 Å². The van der Waals surface area contributed by atoms with Gasteiger partial charge in [-0.1, -0.05) is 43.0 Å². The molecule has 1 atom stereocenters. The molecule has 152 valence electrons. The number of hydrogen-bond donors (Lipinski definition) is 1. The third-order valence-electron chi connectivity index (χ3n) is 4.73. The number of carboxylic acid groups (broad SMARTS) is 1. The van der Waals surface area contributed by atoms with Crippen LogP contribution in [0.4, 0.5) is 0 Å². The normalized spacial score (nSPS) is 21.1. The van der Waals surface area contributed by atoms with Gasteiger partial charge in [-0.05, 0) is 25.0 Å². The lowest BCUT2D eigenvalue weighted by atomic mass is 10.0. The second-order valence-electron chi connectivity index (χ2n) is 6.80. The molecule has 1 aromatic rings. The molecule has 1 fully saturated rings. The predicted octanol–water partition coefficient (Wildman–Crippen LogP) is 4.22. The molecular formula is C23H25NO5. The predicted molar refractivity (Wildman–Crippen MR) is 110 cm³/mol. The molecule has 1 unspecified atom stereocenters. The molecule has 0 spiro atoms. The minimum Gasteiger partial charge on any atom is -0.497 e. The van der Waals surface area contributed by atoms with E-state index < -0.39 is 11.9 Å². The van der Waals surface area contributed by atoms with Gasteiger partial charge in [0.2, 0.25) is 0 Å².